The van der Waals surface area contributed by atoms with E-state index in [1.54, 1.807) is 0 Å². The molecule has 0 aliphatic carbocycles. The van der Waals surface area contributed by atoms with Crippen molar-refractivity contribution in [1.82, 2.24) is 0 Å². The number of hydrogen-bond acceptors (Lipinski definition) is 7. The van der Waals surface area contributed by atoms with E-state index in [-0.39, 0.29) is 26.4 Å². The molecule has 2 heterocycles. The highest BCUT2D eigenvalue weighted by molar-refractivity contribution is 6.62. The number of ether oxygens (including phenoxy) is 3. The van der Waals surface area contributed by atoms with Crippen molar-refractivity contribution >= 4 is 25.2 Å². The summed E-state index contributed by atoms with van der Waals surface area (Å²) in [5.41, 5.74) is 4.29. The van der Waals surface area contributed by atoms with Gasteiger partial charge in [0.2, 0.25) is 0 Å². The van der Waals surface area contributed by atoms with E-state index in [1.807, 2.05) is 62.4 Å². The minimum atomic E-state index is -0.255. The highest BCUT2D eigenvalue weighted by Gasteiger charge is 2.31. The molecule has 2 fully saturated rings. The van der Waals surface area contributed by atoms with Crippen LogP contribution in [0.1, 0.15) is 25.0 Å². The molecule has 2 aromatic carbocycles. The summed E-state index contributed by atoms with van der Waals surface area (Å²) in [7, 11) is -0.509. The molecule has 0 radical (unpaired) electrons. The summed E-state index contributed by atoms with van der Waals surface area (Å²) in [4.78, 5) is 0. The normalized spacial score (nSPS) is 20.7. The van der Waals surface area contributed by atoms with Crippen LogP contribution in [0.15, 0.2) is 48.5 Å². The Hall–Kier alpha value is -1.71. The first-order valence-corrected chi connectivity index (χ1v) is 11.6. The standard InChI is InChI=1S/C24H32B2O7/c1-19-15-30-25(32-19)23-7-3-21(4-8-23)17-28-13-11-27-12-14-29-18-22-5-9-24(10-6-22)26-31-16-20(2)33-26/h3-10,19-20H,11-18H2,1-2H3. The van der Waals surface area contributed by atoms with Gasteiger partial charge in [-0.25, -0.2) is 0 Å². The molecule has 0 bridgehead atoms. The van der Waals surface area contributed by atoms with Gasteiger partial charge in [0, 0.05) is 0 Å². The van der Waals surface area contributed by atoms with Crippen LogP contribution < -0.4 is 10.9 Å². The van der Waals surface area contributed by atoms with Gasteiger partial charge in [0.25, 0.3) is 0 Å². The van der Waals surface area contributed by atoms with Crippen LogP contribution in [0, 0.1) is 0 Å². The van der Waals surface area contributed by atoms with Gasteiger partial charge in [0.15, 0.2) is 0 Å². The van der Waals surface area contributed by atoms with E-state index in [9.17, 15) is 0 Å². The summed E-state index contributed by atoms with van der Waals surface area (Å²) in [5, 5.41) is 0. The molecule has 9 heteroatoms. The van der Waals surface area contributed by atoms with Crippen molar-refractivity contribution in [3.63, 3.8) is 0 Å². The van der Waals surface area contributed by atoms with Crippen LogP contribution in [0.25, 0.3) is 0 Å². The molecule has 0 saturated carbocycles. The van der Waals surface area contributed by atoms with E-state index >= 15 is 0 Å². The largest absolute Gasteiger partial charge is 0.494 e. The Kier molecular flexibility index (Phi) is 9.37. The van der Waals surface area contributed by atoms with E-state index in [0.717, 1.165) is 22.1 Å². The lowest BCUT2D eigenvalue weighted by Crippen LogP contribution is -2.32. The van der Waals surface area contributed by atoms with E-state index < -0.39 is 0 Å². The number of rotatable bonds is 12. The van der Waals surface area contributed by atoms with Crippen LogP contribution in [0.2, 0.25) is 0 Å². The second kappa shape index (κ2) is 12.7. The van der Waals surface area contributed by atoms with Gasteiger partial charge in [-0.3, -0.25) is 0 Å². The van der Waals surface area contributed by atoms with Crippen LogP contribution in [0.4, 0.5) is 0 Å². The van der Waals surface area contributed by atoms with Crippen molar-refractivity contribution in [2.75, 3.05) is 39.6 Å². The molecule has 0 amide bonds. The van der Waals surface area contributed by atoms with Gasteiger partial charge in [0.05, 0.1) is 65.1 Å². The minimum Gasteiger partial charge on any atom is -0.405 e. The predicted molar refractivity (Wildman–Crippen MR) is 127 cm³/mol. The predicted octanol–water partition coefficient (Wildman–Crippen LogP) is 1.70. The quantitative estimate of drug-likeness (QED) is 0.358. The summed E-state index contributed by atoms with van der Waals surface area (Å²) in [6, 6.07) is 16.3. The maximum Gasteiger partial charge on any atom is 0.494 e. The Morgan fingerprint density at radius 1 is 0.636 bits per heavy atom. The lowest BCUT2D eigenvalue weighted by molar-refractivity contribution is 0.00704. The topological polar surface area (TPSA) is 64.6 Å². The summed E-state index contributed by atoms with van der Waals surface area (Å²) >= 11 is 0. The molecule has 2 saturated heterocycles. The zero-order chi connectivity index (χ0) is 22.9. The highest BCUT2D eigenvalue weighted by atomic mass is 16.6. The molecule has 2 aliphatic rings. The molecule has 2 atom stereocenters. The van der Waals surface area contributed by atoms with Crippen LogP contribution in [-0.4, -0.2) is 66.1 Å². The maximum absolute atomic E-state index is 5.70. The monoisotopic (exact) mass is 454 g/mol. The van der Waals surface area contributed by atoms with Crippen molar-refractivity contribution in [3.8, 4) is 0 Å². The van der Waals surface area contributed by atoms with E-state index in [2.05, 4.69) is 0 Å². The molecule has 2 aliphatic heterocycles. The van der Waals surface area contributed by atoms with Gasteiger partial charge in [-0.15, -0.1) is 0 Å². The summed E-state index contributed by atoms with van der Waals surface area (Å²) in [6.07, 6.45) is 0.290. The molecule has 7 nitrogen and oxygen atoms in total. The fraction of sp³-hybridized carbons (Fsp3) is 0.500. The molecule has 2 aromatic rings. The van der Waals surface area contributed by atoms with Crippen LogP contribution >= 0.6 is 0 Å². The van der Waals surface area contributed by atoms with Crippen molar-refractivity contribution < 1.29 is 32.8 Å². The van der Waals surface area contributed by atoms with Gasteiger partial charge in [-0.2, -0.15) is 0 Å². The van der Waals surface area contributed by atoms with Crippen molar-refractivity contribution in [2.24, 2.45) is 0 Å². The first kappa shape index (κ1) is 24.4. The second-order valence-corrected chi connectivity index (χ2v) is 8.42. The molecule has 0 aromatic heterocycles. The van der Waals surface area contributed by atoms with Crippen LogP contribution in [-0.2, 0) is 46.0 Å². The number of hydrogen-bond donors (Lipinski definition) is 0. The third kappa shape index (κ3) is 7.65. The summed E-state index contributed by atoms with van der Waals surface area (Å²) in [5.74, 6) is 0. The van der Waals surface area contributed by atoms with E-state index in [0.29, 0.717) is 52.9 Å². The summed E-state index contributed by atoms with van der Waals surface area (Å²) in [6.45, 7) is 8.56. The van der Waals surface area contributed by atoms with Crippen molar-refractivity contribution in [1.29, 1.82) is 0 Å². The molecule has 33 heavy (non-hydrogen) atoms. The zero-order valence-electron chi connectivity index (χ0n) is 19.4. The Morgan fingerprint density at radius 2 is 1.03 bits per heavy atom. The maximum atomic E-state index is 5.70. The Morgan fingerprint density at radius 3 is 1.39 bits per heavy atom. The molecule has 176 valence electrons. The SMILES string of the molecule is CC1COB(c2ccc(COCCOCCOCc3ccc(B4OCC(C)O4)cc3)cc2)O1. The second-order valence-electron chi connectivity index (χ2n) is 8.42. The van der Waals surface area contributed by atoms with Gasteiger partial charge >= 0.3 is 14.2 Å². The Balaban J connectivity index is 1.01. The average molecular weight is 454 g/mol. The Bertz CT molecular complexity index is 764. The number of benzene rings is 2. The van der Waals surface area contributed by atoms with E-state index in [4.69, 9.17) is 32.8 Å². The fourth-order valence-corrected chi connectivity index (χ4v) is 3.63. The van der Waals surface area contributed by atoms with Gasteiger partial charge in [0.1, 0.15) is 0 Å². The molecule has 0 N–H and O–H groups in total. The zero-order valence-corrected chi connectivity index (χ0v) is 19.4. The first-order valence-electron chi connectivity index (χ1n) is 11.6. The minimum absolute atomic E-state index is 0.145. The smallest absolute Gasteiger partial charge is 0.405 e. The molecule has 4 rings (SSSR count). The van der Waals surface area contributed by atoms with Crippen LogP contribution in [0.3, 0.4) is 0 Å². The van der Waals surface area contributed by atoms with Crippen molar-refractivity contribution in [3.05, 3.63) is 59.7 Å². The highest BCUT2D eigenvalue weighted by Crippen LogP contribution is 2.10. The van der Waals surface area contributed by atoms with E-state index in [1.165, 1.54) is 0 Å². The third-order valence-electron chi connectivity index (χ3n) is 5.46. The molecular formula is C24H32B2O7. The lowest BCUT2D eigenvalue weighted by atomic mass is 9.79. The first-order chi connectivity index (χ1) is 16.2. The van der Waals surface area contributed by atoms with Gasteiger partial charge in [-0.05, 0) is 35.9 Å². The fourth-order valence-electron chi connectivity index (χ4n) is 3.63. The molecular weight excluding hydrogens is 422 g/mol. The molecule has 0 spiro atoms. The van der Waals surface area contributed by atoms with Crippen molar-refractivity contribution in [2.45, 2.75) is 39.3 Å². The van der Waals surface area contributed by atoms with Gasteiger partial charge < -0.3 is 32.8 Å². The van der Waals surface area contributed by atoms with Crippen LogP contribution in [0.5, 0.6) is 0 Å². The lowest BCUT2D eigenvalue weighted by Gasteiger charge is -2.09. The summed E-state index contributed by atoms with van der Waals surface area (Å²) < 4.78 is 39.6. The van der Waals surface area contributed by atoms with Gasteiger partial charge in [-0.1, -0.05) is 48.5 Å². The molecule has 2 unspecified atom stereocenters. The third-order valence-corrected chi connectivity index (χ3v) is 5.46. The average Bonchev–Trinajstić information content (AvgIpc) is 3.47. The Labute approximate surface area is 196 Å².